The zero-order valence-electron chi connectivity index (χ0n) is 10.5. The van der Waals surface area contributed by atoms with Gasteiger partial charge in [-0.25, -0.2) is 0 Å². The Morgan fingerprint density at radius 1 is 1.16 bits per heavy atom. The molecule has 0 amide bonds. The summed E-state index contributed by atoms with van der Waals surface area (Å²) in [4.78, 5) is 12.3. The summed E-state index contributed by atoms with van der Waals surface area (Å²) in [6.07, 6.45) is -0.441. The third kappa shape index (κ3) is 2.62. The van der Waals surface area contributed by atoms with E-state index in [1.54, 1.807) is 0 Å². The molecule has 3 rings (SSSR count). The Hall–Kier alpha value is -1.45. The third-order valence-electron chi connectivity index (χ3n) is 3.26. The number of aryl methyl sites for hydroxylation is 1. The molecule has 2 nitrogen and oxygen atoms in total. The van der Waals surface area contributed by atoms with Crippen molar-refractivity contribution in [2.45, 2.75) is 19.1 Å². The van der Waals surface area contributed by atoms with E-state index in [4.69, 9.17) is 4.74 Å². The van der Waals surface area contributed by atoms with Gasteiger partial charge in [-0.1, -0.05) is 57.9 Å². The van der Waals surface area contributed by atoms with E-state index in [0.717, 1.165) is 15.6 Å². The Morgan fingerprint density at radius 2 is 1.89 bits per heavy atom. The van der Waals surface area contributed by atoms with Crippen LogP contribution in [0.1, 0.15) is 27.6 Å². The molecule has 2 atom stereocenters. The largest absolute Gasteiger partial charge is 0.356 e. The molecule has 3 heteroatoms. The summed E-state index contributed by atoms with van der Waals surface area (Å²) >= 11 is 3.43. The van der Waals surface area contributed by atoms with Crippen LogP contribution in [0.4, 0.5) is 0 Å². The Balaban J connectivity index is 1.76. The van der Waals surface area contributed by atoms with E-state index in [-0.39, 0.29) is 18.0 Å². The number of epoxide rings is 1. The fraction of sp³-hybridized carbons (Fsp3) is 0.188. The number of benzene rings is 2. The van der Waals surface area contributed by atoms with Crippen LogP contribution in [0.25, 0.3) is 0 Å². The number of hydrogen-bond acceptors (Lipinski definition) is 2. The van der Waals surface area contributed by atoms with Gasteiger partial charge in [0.25, 0.3) is 0 Å². The predicted octanol–water partition coefficient (Wildman–Crippen LogP) is 4.08. The Morgan fingerprint density at radius 3 is 2.58 bits per heavy atom. The standard InChI is InChI=1S/C16H13BrO2/c1-10-5-7-11(8-6-10)14(18)16-15(19-16)12-3-2-4-13(17)9-12/h2-9,15-16H,1H3. The zero-order valence-corrected chi connectivity index (χ0v) is 12.1. The van der Waals surface area contributed by atoms with Gasteiger partial charge in [0.1, 0.15) is 6.10 Å². The van der Waals surface area contributed by atoms with E-state index >= 15 is 0 Å². The normalized spacial score (nSPS) is 21.2. The Labute approximate surface area is 120 Å². The molecule has 0 aromatic heterocycles. The lowest BCUT2D eigenvalue weighted by Gasteiger charge is -1.99. The van der Waals surface area contributed by atoms with Crippen molar-refractivity contribution in [3.8, 4) is 0 Å². The van der Waals surface area contributed by atoms with Crippen molar-refractivity contribution < 1.29 is 9.53 Å². The molecule has 1 fully saturated rings. The maximum absolute atomic E-state index is 12.3. The van der Waals surface area contributed by atoms with Gasteiger partial charge in [0.05, 0.1) is 0 Å². The van der Waals surface area contributed by atoms with Crippen LogP contribution in [0.3, 0.4) is 0 Å². The van der Waals surface area contributed by atoms with Crippen LogP contribution in [-0.2, 0) is 4.74 Å². The first kappa shape index (κ1) is 12.6. The van der Waals surface area contributed by atoms with E-state index in [9.17, 15) is 4.79 Å². The highest BCUT2D eigenvalue weighted by Crippen LogP contribution is 2.41. The highest BCUT2D eigenvalue weighted by Gasteiger charge is 2.46. The van der Waals surface area contributed by atoms with Crippen molar-refractivity contribution in [3.63, 3.8) is 0 Å². The molecule has 1 aliphatic heterocycles. The lowest BCUT2D eigenvalue weighted by Crippen LogP contribution is -2.08. The summed E-state index contributed by atoms with van der Waals surface area (Å²) in [6, 6.07) is 15.5. The molecule has 0 bridgehead atoms. The van der Waals surface area contributed by atoms with Crippen molar-refractivity contribution >= 4 is 21.7 Å². The van der Waals surface area contributed by atoms with Crippen LogP contribution in [0.2, 0.25) is 0 Å². The molecule has 96 valence electrons. The molecule has 0 radical (unpaired) electrons. The molecular weight excluding hydrogens is 304 g/mol. The maximum atomic E-state index is 12.3. The van der Waals surface area contributed by atoms with Crippen molar-refractivity contribution in [3.05, 3.63) is 69.7 Å². The molecule has 2 unspecified atom stereocenters. The van der Waals surface area contributed by atoms with Gasteiger partial charge in [-0.15, -0.1) is 0 Å². The van der Waals surface area contributed by atoms with Crippen LogP contribution in [-0.4, -0.2) is 11.9 Å². The van der Waals surface area contributed by atoms with Gasteiger partial charge < -0.3 is 4.74 Å². The molecule has 1 saturated heterocycles. The fourth-order valence-corrected chi connectivity index (χ4v) is 2.55. The smallest absolute Gasteiger partial charge is 0.194 e. The second kappa shape index (κ2) is 4.91. The first-order chi connectivity index (χ1) is 9.15. The number of halogens is 1. The molecule has 1 aliphatic rings. The Bertz CT molecular complexity index is 619. The van der Waals surface area contributed by atoms with Crippen LogP contribution < -0.4 is 0 Å². The summed E-state index contributed by atoms with van der Waals surface area (Å²) in [7, 11) is 0. The fourth-order valence-electron chi connectivity index (χ4n) is 2.13. The van der Waals surface area contributed by atoms with Gasteiger partial charge in [-0.3, -0.25) is 4.79 Å². The van der Waals surface area contributed by atoms with E-state index < -0.39 is 0 Å². The average molecular weight is 317 g/mol. The number of ether oxygens (including phenoxy) is 1. The first-order valence-electron chi connectivity index (χ1n) is 6.17. The predicted molar refractivity (Wildman–Crippen MR) is 77.3 cm³/mol. The van der Waals surface area contributed by atoms with Crippen molar-refractivity contribution in [2.75, 3.05) is 0 Å². The number of rotatable bonds is 3. The highest BCUT2D eigenvalue weighted by atomic mass is 79.9. The Kier molecular flexibility index (Phi) is 3.25. The second-order valence-electron chi connectivity index (χ2n) is 4.76. The van der Waals surface area contributed by atoms with Crippen LogP contribution in [0.15, 0.2) is 53.0 Å². The molecule has 1 heterocycles. The van der Waals surface area contributed by atoms with Crippen molar-refractivity contribution in [2.24, 2.45) is 0 Å². The monoisotopic (exact) mass is 316 g/mol. The number of Topliss-reactive ketones (excluding diaryl/α,β-unsaturated/α-hetero) is 1. The number of hydrogen-bond donors (Lipinski definition) is 0. The zero-order chi connectivity index (χ0) is 13.4. The molecular formula is C16H13BrO2. The van der Waals surface area contributed by atoms with Gasteiger partial charge in [-0.05, 0) is 24.6 Å². The van der Waals surface area contributed by atoms with Crippen LogP contribution in [0.5, 0.6) is 0 Å². The lowest BCUT2D eigenvalue weighted by atomic mass is 10.0. The molecule has 2 aromatic carbocycles. The molecule has 2 aromatic rings. The lowest BCUT2D eigenvalue weighted by molar-refractivity contribution is 0.0953. The summed E-state index contributed by atoms with van der Waals surface area (Å²) in [5.41, 5.74) is 2.91. The summed E-state index contributed by atoms with van der Waals surface area (Å²) in [5, 5.41) is 0. The van der Waals surface area contributed by atoms with E-state index in [1.807, 2.05) is 55.5 Å². The molecule has 0 aliphatic carbocycles. The number of carbonyl (C=O) groups is 1. The molecule has 19 heavy (non-hydrogen) atoms. The number of carbonyl (C=O) groups excluding carboxylic acids is 1. The van der Waals surface area contributed by atoms with Gasteiger partial charge in [0.15, 0.2) is 11.9 Å². The quantitative estimate of drug-likeness (QED) is 0.630. The maximum Gasteiger partial charge on any atom is 0.194 e. The molecule has 0 spiro atoms. The van der Waals surface area contributed by atoms with Crippen molar-refractivity contribution in [1.82, 2.24) is 0 Å². The van der Waals surface area contributed by atoms with Gasteiger partial charge >= 0.3 is 0 Å². The SMILES string of the molecule is Cc1ccc(C(=O)C2OC2c2cccc(Br)c2)cc1. The van der Waals surface area contributed by atoms with Gasteiger partial charge in [0, 0.05) is 10.0 Å². The van der Waals surface area contributed by atoms with Crippen LogP contribution >= 0.6 is 15.9 Å². The summed E-state index contributed by atoms with van der Waals surface area (Å²) in [6.45, 7) is 2.01. The minimum Gasteiger partial charge on any atom is -0.356 e. The summed E-state index contributed by atoms with van der Waals surface area (Å²) < 4.78 is 6.54. The topological polar surface area (TPSA) is 29.6 Å². The molecule has 0 N–H and O–H groups in total. The van der Waals surface area contributed by atoms with E-state index in [0.29, 0.717) is 5.56 Å². The third-order valence-corrected chi connectivity index (χ3v) is 3.76. The minimum atomic E-state index is -0.336. The van der Waals surface area contributed by atoms with Crippen molar-refractivity contribution in [1.29, 1.82) is 0 Å². The highest BCUT2D eigenvalue weighted by molar-refractivity contribution is 9.10. The molecule has 0 saturated carbocycles. The van der Waals surface area contributed by atoms with Gasteiger partial charge in [0.2, 0.25) is 0 Å². The van der Waals surface area contributed by atoms with Crippen LogP contribution in [0, 0.1) is 6.92 Å². The van der Waals surface area contributed by atoms with Gasteiger partial charge in [-0.2, -0.15) is 0 Å². The number of ketones is 1. The summed E-state index contributed by atoms with van der Waals surface area (Å²) in [5.74, 6) is 0.0602. The first-order valence-corrected chi connectivity index (χ1v) is 6.96. The average Bonchev–Trinajstić information content (AvgIpc) is 3.19. The second-order valence-corrected chi connectivity index (χ2v) is 5.68. The van der Waals surface area contributed by atoms with E-state index in [1.165, 1.54) is 0 Å². The minimum absolute atomic E-state index is 0.0602. The van der Waals surface area contributed by atoms with E-state index in [2.05, 4.69) is 15.9 Å².